The zero-order valence-electron chi connectivity index (χ0n) is 6.69. The first-order valence-corrected chi connectivity index (χ1v) is 4.01. The summed E-state index contributed by atoms with van der Waals surface area (Å²) in [5.41, 5.74) is 0. The lowest BCUT2D eigenvalue weighted by molar-refractivity contribution is -0.127. The number of hydrogen-bond acceptors (Lipinski definition) is 2. The Kier molecular flexibility index (Phi) is 1.86. The first-order chi connectivity index (χ1) is 5.86. The molecule has 63 valence electrons. The van der Waals surface area contributed by atoms with Gasteiger partial charge in [-0.2, -0.15) is 0 Å². The van der Waals surface area contributed by atoms with E-state index in [1.165, 1.54) is 0 Å². The molecular formula is C9H10NO2. The third kappa shape index (κ3) is 1.35. The van der Waals surface area contributed by atoms with Gasteiger partial charge in [-0.15, -0.1) is 0 Å². The molecule has 1 aliphatic rings. The maximum Gasteiger partial charge on any atom is 0.223 e. The van der Waals surface area contributed by atoms with Gasteiger partial charge in [0.15, 0.2) is 0 Å². The van der Waals surface area contributed by atoms with E-state index in [4.69, 9.17) is 4.42 Å². The van der Waals surface area contributed by atoms with Crippen LogP contribution in [-0.2, 0) is 11.3 Å². The first kappa shape index (κ1) is 7.40. The molecule has 3 nitrogen and oxygen atoms in total. The number of amides is 1. The van der Waals surface area contributed by atoms with Gasteiger partial charge < -0.3 is 9.32 Å². The molecule has 3 heteroatoms. The summed E-state index contributed by atoms with van der Waals surface area (Å²) < 4.78 is 5.13. The number of hydrogen-bond donors (Lipinski definition) is 0. The summed E-state index contributed by atoms with van der Waals surface area (Å²) in [7, 11) is 0. The molecule has 0 bridgehead atoms. The van der Waals surface area contributed by atoms with Crippen molar-refractivity contribution in [1.82, 2.24) is 4.90 Å². The highest BCUT2D eigenvalue weighted by Gasteiger charge is 2.21. The van der Waals surface area contributed by atoms with Crippen LogP contribution in [0.2, 0.25) is 0 Å². The molecule has 0 unspecified atom stereocenters. The Morgan fingerprint density at radius 1 is 1.58 bits per heavy atom. The van der Waals surface area contributed by atoms with Crippen LogP contribution in [0.3, 0.4) is 0 Å². The van der Waals surface area contributed by atoms with E-state index in [-0.39, 0.29) is 5.91 Å². The fourth-order valence-corrected chi connectivity index (χ4v) is 1.31. The van der Waals surface area contributed by atoms with Gasteiger partial charge in [-0.05, 0) is 18.6 Å². The van der Waals surface area contributed by atoms with Crippen molar-refractivity contribution in [1.29, 1.82) is 0 Å². The number of carbonyl (C=O) groups excluding carboxylic acids is 1. The highest BCUT2D eigenvalue weighted by molar-refractivity contribution is 5.79. The molecule has 1 saturated heterocycles. The molecule has 1 aromatic rings. The number of rotatable bonds is 2. The molecule has 1 fully saturated rings. The number of furan rings is 1. The molecule has 0 aromatic carbocycles. The van der Waals surface area contributed by atoms with Crippen molar-refractivity contribution in [2.45, 2.75) is 19.4 Å². The highest BCUT2D eigenvalue weighted by Crippen LogP contribution is 2.17. The van der Waals surface area contributed by atoms with Gasteiger partial charge in [-0.25, -0.2) is 0 Å². The minimum Gasteiger partial charge on any atom is -0.467 e. The zero-order chi connectivity index (χ0) is 8.39. The molecule has 0 aliphatic carbocycles. The summed E-state index contributed by atoms with van der Waals surface area (Å²) in [5.74, 6) is 1.02. The molecular weight excluding hydrogens is 154 g/mol. The fraction of sp³-hybridized carbons (Fsp3) is 0.333. The van der Waals surface area contributed by atoms with Crippen molar-refractivity contribution in [2.75, 3.05) is 0 Å². The second-order valence-corrected chi connectivity index (χ2v) is 2.82. The minimum absolute atomic E-state index is 0.186. The van der Waals surface area contributed by atoms with Crippen LogP contribution >= 0.6 is 0 Å². The van der Waals surface area contributed by atoms with Gasteiger partial charge in [0.25, 0.3) is 0 Å². The van der Waals surface area contributed by atoms with Crippen LogP contribution in [0.5, 0.6) is 0 Å². The Balaban J connectivity index is 1.99. The van der Waals surface area contributed by atoms with Crippen molar-refractivity contribution in [3.63, 3.8) is 0 Å². The third-order valence-electron chi connectivity index (χ3n) is 1.93. The van der Waals surface area contributed by atoms with Crippen LogP contribution < -0.4 is 0 Å². The quantitative estimate of drug-likeness (QED) is 0.664. The molecule has 1 aromatic heterocycles. The normalized spacial score (nSPS) is 17.3. The van der Waals surface area contributed by atoms with E-state index in [0.29, 0.717) is 13.0 Å². The van der Waals surface area contributed by atoms with Crippen LogP contribution in [0.1, 0.15) is 18.6 Å². The van der Waals surface area contributed by atoms with Crippen LogP contribution in [-0.4, -0.2) is 10.8 Å². The van der Waals surface area contributed by atoms with Crippen molar-refractivity contribution in [2.24, 2.45) is 0 Å². The number of carbonyl (C=O) groups is 1. The summed E-state index contributed by atoms with van der Waals surface area (Å²) in [4.78, 5) is 12.9. The van der Waals surface area contributed by atoms with Gasteiger partial charge in [0.05, 0.1) is 19.4 Å². The first-order valence-electron chi connectivity index (χ1n) is 4.01. The lowest BCUT2D eigenvalue weighted by atomic mass is 10.4. The van der Waals surface area contributed by atoms with Crippen LogP contribution in [0.15, 0.2) is 22.8 Å². The Morgan fingerprint density at radius 3 is 3.08 bits per heavy atom. The molecule has 1 aliphatic heterocycles. The Hall–Kier alpha value is -1.25. The summed E-state index contributed by atoms with van der Waals surface area (Å²) in [6.07, 6.45) is 3.12. The molecule has 2 rings (SSSR count). The average molecular weight is 164 g/mol. The highest BCUT2D eigenvalue weighted by atomic mass is 16.3. The summed E-state index contributed by atoms with van der Waals surface area (Å²) in [6.45, 7) is 2.50. The third-order valence-corrected chi connectivity index (χ3v) is 1.93. The van der Waals surface area contributed by atoms with E-state index in [0.717, 1.165) is 12.2 Å². The summed E-state index contributed by atoms with van der Waals surface area (Å²) in [6, 6.07) is 3.70. The lowest BCUT2D eigenvalue weighted by Gasteiger charge is -2.11. The summed E-state index contributed by atoms with van der Waals surface area (Å²) in [5, 5.41) is 0. The Morgan fingerprint density at radius 2 is 2.50 bits per heavy atom. The molecule has 2 heterocycles. The largest absolute Gasteiger partial charge is 0.467 e. The number of nitrogens with zero attached hydrogens (tertiary/aromatic N) is 1. The van der Waals surface area contributed by atoms with E-state index in [1.807, 2.05) is 18.7 Å². The molecule has 1 radical (unpaired) electrons. The van der Waals surface area contributed by atoms with Gasteiger partial charge in [-0.3, -0.25) is 4.79 Å². The van der Waals surface area contributed by atoms with Crippen molar-refractivity contribution < 1.29 is 9.21 Å². The standard InChI is InChI=1S/C9H10NO2/c11-9-4-1-5-10(9)7-8-3-2-6-12-8/h2-3,5-6H,1,4,7H2. The second-order valence-electron chi connectivity index (χ2n) is 2.82. The Labute approximate surface area is 71.0 Å². The maximum atomic E-state index is 11.2. The minimum atomic E-state index is 0.186. The van der Waals surface area contributed by atoms with E-state index in [2.05, 4.69) is 0 Å². The van der Waals surface area contributed by atoms with E-state index in [1.54, 1.807) is 11.2 Å². The van der Waals surface area contributed by atoms with Gasteiger partial charge in [-0.1, -0.05) is 0 Å². The fourth-order valence-electron chi connectivity index (χ4n) is 1.31. The second kappa shape index (κ2) is 3.01. The molecule has 0 N–H and O–H groups in total. The van der Waals surface area contributed by atoms with Gasteiger partial charge in [0, 0.05) is 6.42 Å². The van der Waals surface area contributed by atoms with Crippen LogP contribution in [0.25, 0.3) is 0 Å². The lowest BCUT2D eigenvalue weighted by Crippen LogP contribution is -2.20. The van der Waals surface area contributed by atoms with Crippen molar-refractivity contribution in [3.8, 4) is 0 Å². The Bertz CT molecular complexity index is 266. The van der Waals surface area contributed by atoms with Crippen molar-refractivity contribution >= 4 is 5.91 Å². The molecule has 12 heavy (non-hydrogen) atoms. The molecule has 1 amide bonds. The molecule has 0 atom stereocenters. The van der Waals surface area contributed by atoms with Gasteiger partial charge in [0.1, 0.15) is 5.76 Å². The van der Waals surface area contributed by atoms with Gasteiger partial charge >= 0.3 is 0 Å². The van der Waals surface area contributed by atoms with Gasteiger partial charge in [0.2, 0.25) is 5.91 Å². The maximum absolute atomic E-state index is 11.2. The number of likely N-dealkylation sites (tertiary alicyclic amines) is 1. The SMILES string of the molecule is O=C1CC[CH]N1Cc1ccco1. The predicted octanol–water partition coefficient (Wildman–Crippen LogP) is 1.56. The average Bonchev–Trinajstić information content (AvgIpc) is 2.65. The topological polar surface area (TPSA) is 33.5 Å². The smallest absolute Gasteiger partial charge is 0.223 e. The van der Waals surface area contributed by atoms with E-state index < -0.39 is 0 Å². The van der Waals surface area contributed by atoms with E-state index >= 15 is 0 Å². The van der Waals surface area contributed by atoms with Crippen LogP contribution in [0.4, 0.5) is 0 Å². The monoisotopic (exact) mass is 164 g/mol. The van der Waals surface area contributed by atoms with E-state index in [9.17, 15) is 4.79 Å². The summed E-state index contributed by atoms with van der Waals surface area (Å²) >= 11 is 0. The molecule has 0 spiro atoms. The zero-order valence-corrected chi connectivity index (χ0v) is 6.69. The van der Waals surface area contributed by atoms with Crippen molar-refractivity contribution in [3.05, 3.63) is 30.7 Å². The van der Waals surface area contributed by atoms with Crippen LogP contribution in [0, 0.1) is 6.54 Å². The predicted molar refractivity (Wildman–Crippen MR) is 42.8 cm³/mol. The molecule has 0 saturated carbocycles.